The van der Waals surface area contributed by atoms with Crippen molar-refractivity contribution >= 4 is 70.1 Å². The molecule has 9 rings (SSSR count). The number of benzene rings is 8. The highest BCUT2D eigenvalue weighted by Gasteiger charge is 2.21. The molecule has 0 saturated heterocycles. The van der Waals surface area contributed by atoms with Crippen LogP contribution in [-0.2, 0) is 0 Å². The molecule has 0 radical (unpaired) electrons. The maximum atomic E-state index is 2.45. The highest BCUT2D eigenvalue weighted by atomic mass is 32.1. The predicted molar refractivity (Wildman–Crippen MR) is 200 cm³/mol. The average Bonchev–Trinajstić information content (AvgIpc) is 3.52. The molecule has 2 heteroatoms. The predicted octanol–water partition coefficient (Wildman–Crippen LogP) is 13.2. The number of nitrogens with zero attached hydrogens (tertiary/aromatic N) is 1. The van der Waals surface area contributed by atoms with Gasteiger partial charge in [-0.15, -0.1) is 11.3 Å². The van der Waals surface area contributed by atoms with Crippen LogP contribution in [0.25, 0.3) is 64.0 Å². The quantitative estimate of drug-likeness (QED) is 0.189. The molecule has 0 bridgehead atoms. The Balaban J connectivity index is 1.32. The lowest BCUT2D eigenvalue weighted by Gasteiger charge is -2.27. The smallest absolute Gasteiger partial charge is 0.0640 e. The largest absolute Gasteiger partial charge is 0.308 e. The molecule has 0 atom stereocenters. The lowest BCUT2D eigenvalue weighted by molar-refractivity contribution is 1.32. The maximum Gasteiger partial charge on any atom is 0.0640 e. The average molecular weight is 604 g/mol. The lowest BCUT2D eigenvalue weighted by Crippen LogP contribution is -2.10. The van der Waals surface area contributed by atoms with Crippen molar-refractivity contribution in [1.29, 1.82) is 0 Å². The van der Waals surface area contributed by atoms with Gasteiger partial charge in [0.1, 0.15) is 0 Å². The van der Waals surface area contributed by atoms with E-state index in [1.54, 1.807) is 0 Å². The first-order valence-corrected chi connectivity index (χ1v) is 16.5. The Hall–Kier alpha value is -5.70. The van der Waals surface area contributed by atoms with Gasteiger partial charge in [0.25, 0.3) is 0 Å². The first-order valence-electron chi connectivity index (χ1n) is 15.7. The minimum Gasteiger partial charge on any atom is -0.308 e. The van der Waals surface area contributed by atoms with Gasteiger partial charge in [-0.1, -0.05) is 146 Å². The van der Waals surface area contributed by atoms with E-state index in [2.05, 4.69) is 181 Å². The third-order valence-corrected chi connectivity index (χ3v) is 10.3. The van der Waals surface area contributed by atoms with E-state index < -0.39 is 0 Å². The molecular formula is C44H29NS. The molecule has 0 N–H and O–H groups in total. The molecule has 0 aliphatic carbocycles. The van der Waals surface area contributed by atoms with Gasteiger partial charge in [-0.3, -0.25) is 0 Å². The summed E-state index contributed by atoms with van der Waals surface area (Å²) in [6, 6.07) is 63.8. The van der Waals surface area contributed by atoms with Gasteiger partial charge in [0.2, 0.25) is 0 Å². The highest BCUT2D eigenvalue weighted by molar-refractivity contribution is 7.27. The van der Waals surface area contributed by atoms with Gasteiger partial charge >= 0.3 is 0 Å². The van der Waals surface area contributed by atoms with Crippen molar-refractivity contribution in [3.8, 4) is 22.3 Å². The van der Waals surface area contributed by atoms with Gasteiger partial charge in [0, 0.05) is 31.9 Å². The molecule has 46 heavy (non-hydrogen) atoms. The molecule has 0 fully saturated rings. The minimum atomic E-state index is 1.14. The van der Waals surface area contributed by atoms with Crippen LogP contribution in [0.15, 0.2) is 176 Å². The van der Waals surface area contributed by atoms with Crippen LogP contribution in [0.2, 0.25) is 0 Å². The van der Waals surface area contributed by atoms with Crippen LogP contribution in [0, 0.1) is 0 Å². The van der Waals surface area contributed by atoms with Gasteiger partial charge in [0.05, 0.1) is 16.1 Å². The van der Waals surface area contributed by atoms with Crippen LogP contribution < -0.4 is 4.90 Å². The molecule has 1 nitrogen and oxygen atoms in total. The molecule has 216 valence electrons. The molecule has 0 spiro atoms. The normalized spacial score (nSPS) is 11.5. The molecule has 1 aromatic heterocycles. The van der Waals surface area contributed by atoms with E-state index in [0.717, 1.165) is 5.69 Å². The Labute approximate surface area is 272 Å². The number of rotatable bonds is 5. The van der Waals surface area contributed by atoms with E-state index in [1.165, 1.54) is 75.3 Å². The maximum absolute atomic E-state index is 2.45. The third kappa shape index (κ3) is 4.38. The summed E-state index contributed by atoms with van der Waals surface area (Å²) in [4.78, 5) is 2.45. The Morgan fingerprint density at radius 2 is 0.891 bits per heavy atom. The first-order chi connectivity index (χ1) is 22.8. The molecular weight excluding hydrogens is 575 g/mol. The summed E-state index contributed by atoms with van der Waals surface area (Å²) < 4.78 is 2.61. The van der Waals surface area contributed by atoms with Gasteiger partial charge in [-0.05, 0) is 63.4 Å². The van der Waals surface area contributed by atoms with Crippen LogP contribution in [-0.4, -0.2) is 0 Å². The van der Waals surface area contributed by atoms with Crippen LogP contribution in [0.3, 0.4) is 0 Å². The zero-order valence-electron chi connectivity index (χ0n) is 25.1. The SMILES string of the molecule is c1ccc(-c2ccc(N(c3cccc4ccccc34)c3cccc4c3sc3c5ccccc5c(-c5ccccc5)cc43)cc2)cc1. The fourth-order valence-electron chi connectivity index (χ4n) is 6.88. The zero-order chi connectivity index (χ0) is 30.5. The van der Waals surface area contributed by atoms with Gasteiger partial charge in [-0.2, -0.15) is 0 Å². The number of thiophene rings is 1. The number of hydrogen-bond acceptors (Lipinski definition) is 2. The van der Waals surface area contributed by atoms with Gasteiger partial charge in [-0.25, -0.2) is 0 Å². The summed E-state index contributed by atoms with van der Waals surface area (Å²) in [6.45, 7) is 0. The van der Waals surface area contributed by atoms with Crippen LogP contribution in [0.1, 0.15) is 0 Å². The first kappa shape index (κ1) is 26.7. The second-order valence-corrected chi connectivity index (χ2v) is 12.7. The fourth-order valence-corrected chi connectivity index (χ4v) is 8.21. The number of fused-ring (bicyclic) bond motifs is 6. The van der Waals surface area contributed by atoms with E-state index >= 15 is 0 Å². The third-order valence-electron chi connectivity index (χ3n) is 9.05. The van der Waals surface area contributed by atoms with Crippen molar-refractivity contribution in [3.05, 3.63) is 176 Å². The van der Waals surface area contributed by atoms with E-state index in [-0.39, 0.29) is 0 Å². The minimum absolute atomic E-state index is 1.14. The highest BCUT2D eigenvalue weighted by Crippen LogP contribution is 2.49. The Morgan fingerprint density at radius 3 is 1.67 bits per heavy atom. The van der Waals surface area contributed by atoms with Crippen molar-refractivity contribution in [3.63, 3.8) is 0 Å². The molecule has 0 saturated carbocycles. The summed E-state index contributed by atoms with van der Waals surface area (Å²) in [5.41, 5.74) is 8.44. The summed E-state index contributed by atoms with van der Waals surface area (Å²) in [6.07, 6.45) is 0. The van der Waals surface area contributed by atoms with E-state index in [0.29, 0.717) is 0 Å². The van der Waals surface area contributed by atoms with E-state index in [1.807, 2.05) is 11.3 Å². The Kier molecular flexibility index (Phi) is 6.40. The van der Waals surface area contributed by atoms with Gasteiger partial charge in [0.15, 0.2) is 0 Å². The Bertz CT molecular complexity index is 2510. The molecule has 0 unspecified atom stereocenters. The Morgan fingerprint density at radius 1 is 0.348 bits per heavy atom. The summed E-state index contributed by atoms with van der Waals surface area (Å²) in [7, 11) is 0. The monoisotopic (exact) mass is 603 g/mol. The van der Waals surface area contributed by atoms with Crippen molar-refractivity contribution < 1.29 is 0 Å². The van der Waals surface area contributed by atoms with Gasteiger partial charge < -0.3 is 4.90 Å². The second kappa shape index (κ2) is 11.0. The molecule has 0 aliphatic heterocycles. The summed E-state index contributed by atoms with van der Waals surface area (Å²) in [5, 5.41) is 7.63. The van der Waals surface area contributed by atoms with E-state index in [4.69, 9.17) is 0 Å². The summed E-state index contributed by atoms with van der Waals surface area (Å²) >= 11 is 1.90. The second-order valence-electron chi connectivity index (χ2n) is 11.7. The zero-order valence-corrected chi connectivity index (χ0v) is 25.9. The van der Waals surface area contributed by atoms with Crippen LogP contribution in [0.4, 0.5) is 17.1 Å². The number of hydrogen-bond donors (Lipinski definition) is 0. The van der Waals surface area contributed by atoms with Crippen LogP contribution in [0.5, 0.6) is 0 Å². The molecule has 9 aromatic rings. The molecule has 0 amide bonds. The van der Waals surface area contributed by atoms with E-state index in [9.17, 15) is 0 Å². The molecule has 1 heterocycles. The van der Waals surface area contributed by atoms with Crippen molar-refractivity contribution in [2.24, 2.45) is 0 Å². The van der Waals surface area contributed by atoms with Crippen molar-refractivity contribution in [2.45, 2.75) is 0 Å². The van der Waals surface area contributed by atoms with Crippen LogP contribution >= 0.6 is 11.3 Å². The summed E-state index contributed by atoms with van der Waals surface area (Å²) in [5.74, 6) is 0. The van der Waals surface area contributed by atoms with Crippen molar-refractivity contribution in [2.75, 3.05) is 4.90 Å². The number of anilines is 3. The van der Waals surface area contributed by atoms with Crippen molar-refractivity contribution in [1.82, 2.24) is 0 Å². The molecule has 8 aromatic carbocycles. The standard InChI is InChI=1S/C44H29NS/c1-3-13-30(14-4-1)31-25-27-34(28-26-31)45(41-23-11-18-32-17-7-8-19-35(32)41)42-24-12-22-38-40-29-39(33-15-5-2-6-16-33)36-20-9-10-21-37(36)43(40)46-44(38)42/h1-29H. The fraction of sp³-hybridized carbons (Fsp3) is 0. The molecule has 0 aliphatic rings. The topological polar surface area (TPSA) is 3.24 Å². The lowest BCUT2D eigenvalue weighted by atomic mass is 9.95.